The summed E-state index contributed by atoms with van der Waals surface area (Å²) in [6, 6.07) is 9.88. The van der Waals surface area contributed by atoms with E-state index in [0.29, 0.717) is 17.0 Å². The highest BCUT2D eigenvalue weighted by Crippen LogP contribution is 2.22. The summed E-state index contributed by atoms with van der Waals surface area (Å²) < 4.78 is 38.0. The predicted octanol–water partition coefficient (Wildman–Crippen LogP) is 0.394. The summed E-state index contributed by atoms with van der Waals surface area (Å²) in [5.74, 6) is -1.76. The highest BCUT2D eigenvalue weighted by Gasteiger charge is 2.28. The van der Waals surface area contributed by atoms with E-state index in [1.54, 1.807) is 43.3 Å². The van der Waals surface area contributed by atoms with Crippen molar-refractivity contribution >= 4 is 39.4 Å². The van der Waals surface area contributed by atoms with Gasteiger partial charge in [0.05, 0.1) is 11.4 Å². The van der Waals surface area contributed by atoms with E-state index in [1.165, 1.54) is 0 Å². The minimum absolute atomic E-state index is 0.0932. The number of rotatable bonds is 8. The van der Waals surface area contributed by atoms with E-state index < -0.39 is 35.6 Å². The van der Waals surface area contributed by atoms with Crippen LogP contribution in [0, 0.1) is 28.6 Å². The summed E-state index contributed by atoms with van der Waals surface area (Å²) in [6.07, 6.45) is 0.0932. The number of esters is 1. The van der Waals surface area contributed by atoms with Gasteiger partial charge in [0.15, 0.2) is 13.3 Å². The number of nitriles is 2. The first-order chi connectivity index (χ1) is 14.6. The molecule has 1 heterocycles. The van der Waals surface area contributed by atoms with Crippen molar-refractivity contribution in [2.75, 3.05) is 18.8 Å². The highest BCUT2D eigenvalue weighted by atomic mass is 32.3. The number of hydrogen-bond acceptors (Lipinski definition) is 11. The van der Waals surface area contributed by atoms with Crippen molar-refractivity contribution < 1.29 is 31.5 Å². The van der Waals surface area contributed by atoms with Crippen molar-refractivity contribution in [2.24, 2.45) is 16.1 Å². The summed E-state index contributed by atoms with van der Waals surface area (Å²) in [7, 11) is -4.79. The molecule has 13 nitrogen and oxygen atoms in total. The summed E-state index contributed by atoms with van der Waals surface area (Å²) >= 11 is 0. The largest absolute Gasteiger partial charge is 0.440 e. The van der Waals surface area contributed by atoms with E-state index in [-0.39, 0.29) is 18.1 Å². The van der Waals surface area contributed by atoms with Crippen molar-refractivity contribution in [3.63, 3.8) is 0 Å². The van der Waals surface area contributed by atoms with Crippen molar-refractivity contribution in [1.82, 2.24) is 5.01 Å². The Bertz CT molecular complexity index is 1080. The molecule has 0 bridgehead atoms. The van der Waals surface area contributed by atoms with E-state index in [2.05, 4.69) is 19.8 Å². The van der Waals surface area contributed by atoms with Gasteiger partial charge in [-0.25, -0.2) is 8.98 Å². The Morgan fingerprint density at radius 2 is 2.00 bits per heavy atom. The highest BCUT2D eigenvalue weighted by molar-refractivity contribution is 7.80. The van der Waals surface area contributed by atoms with Gasteiger partial charge in [-0.2, -0.15) is 34.2 Å². The second-order valence-corrected chi connectivity index (χ2v) is 7.18. The molecular weight excluding hydrogens is 432 g/mol. The van der Waals surface area contributed by atoms with E-state index in [9.17, 15) is 18.0 Å². The molecule has 1 amide bonds. The van der Waals surface area contributed by atoms with Crippen LogP contribution in [0.2, 0.25) is 0 Å². The van der Waals surface area contributed by atoms with Crippen LogP contribution in [0.1, 0.15) is 18.9 Å². The number of hydrogen-bond donors (Lipinski definition) is 2. The average molecular weight is 448 g/mol. The molecule has 1 aliphatic rings. The van der Waals surface area contributed by atoms with Crippen molar-refractivity contribution in [3.8, 4) is 12.1 Å². The number of amides is 1. The normalized spacial score (nSPS) is 15.9. The lowest BCUT2D eigenvalue weighted by Crippen LogP contribution is -2.38. The minimum Gasteiger partial charge on any atom is -0.440 e. The van der Waals surface area contributed by atoms with Gasteiger partial charge >= 0.3 is 16.4 Å². The zero-order valence-electron chi connectivity index (χ0n) is 16.0. The zero-order valence-corrected chi connectivity index (χ0v) is 16.9. The van der Waals surface area contributed by atoms with Crippen LogP contribution in [0.15, 0.2) is 34.5 Å². The molecule has 2 rings (SSSR count). The van der Waals surface area contributed by atoms with E-state index in [4.69, 9.17) is 19.8 Å². The molecule has 0 radical (unpaired) electrons. The van der Waals surface area contributed by atoms with Gasteiger partial charge in [0, 0.05) is 12.3 Å². The van der Waals surface area contributed by atoms with Gasteiger partial charge in [-0.15, -0.1) is 0 Å². The third-order valence-electron chi connectivity index (χ3n) is 3.83. The van der Waals surface area contributed by atoms with Crippen LogP contribution in [0.25, 0.3) is 0 Å². The maximum absolute atomic E-state index is 12.2. The van der Waals surface area contributed by atoms with Gasteiger partial charge in [-0.05, 0) is 17.7 Å². The van der Waals surface area contributed by atoms with Gasteiger partial charge < -0.3 is 4.74 Å². The van der Waals surface area contributed by atoms with E-state index in [1.807, 2.05) is 0 Å². The van der Waals surface area contributed by atoms with Gasteiger partial charge in [0.2, 0.25) is 11.6 Å². The molecule has 0 unspecified atom stereocenters. The number of benzene rings is 1. The molecular formula is C17H16N6O7S. The molecule has 0 aromatic heterocycles. The van der Waals surface area contributed by atoms with Crippen LogP contribution in [0.4, 0.5) is 5.69 Å². The number of nitrogens with one attached hydrogen (secondary N) is 1. The molecule has 0 fully saturated rings. The van der Waals surface area contributed by atoms with Crippen molar-refractivity contribution in [3.05, 3.63) is 29.8 Å². The molecule has 0 saturated carbocycles. The third kappa shape index (κ3) is 7.16. The van der Waals surface area contributed by atoms with Gasteiger partial charge in [0.25, 0.3) is 0 Å². The predicted molar refractivity (Wildman–Crippen MR) is 104 cm³/mol. The van der Waals surface area contributed by atoms with Gasteiger partial charge in [-0.1, -0.05) is 19.1 Å². The van der Waals surface area contributed by atoms with Crippen LogP contribution in [0.3, 0.4) is 0 Å². The fourth-order valence-corrected chi connectivity index (χ4v) is 2.64. The average Bonchev–Trinajstić information content (AvgIpc) is 2.72. The second kappa shape index (κ2) is 10.3. The standard InChI is InChI=1S/C17H16N6O7S/c1-11-6-15(24)23(10-29-16(25)9-30-31(26,27)28)22-17(11)12-2-4-13(5-3-12)20-21-14(7-18)8-19/h2-5,11,20H,6,9-10H2,1H3,(H,26,27,28)/t11-/m1/s1. The topological polar surface area (TPSA) is 195 Å². The molecule has 0 saturated heterocycles. The number of nitrogens with zero attached hydrogens (tertiary/aromatic N) is 5. The SMILES string of the molecule is C[C@@H]1CC(=O)N(COC(=O)COS(=O)(=O)O)N=C1c1ccc(NN=C(C#N)C#N)cc1. The molecule has 162 valence electrons. The zero-order chi connectivity index (χ0) is 23.0. The van der Waals surface area contributed by atoms with E-state index >= 15 is 0 Å². The molecule has 2 N–H and O–H groups in total. The Kier molecular flexibility index (Phi) is 7.75. The molecule has 1 aliphatic heterocycles. The van der Waals surface area contributed by atoms with Crippen LogP contribution < -0.4 is 5.43 Å². The van der Waals surface area contributed by atoms with Gasteiger partial charge in [-0.3, -0.25) is 14.8 Å². The number of hydrazone groups is 2. The number of carbonyl (C=O) groups is 2. The number of ether oxygens (including phenoxy) is 1. The van der Waals surface area contributed by atoms with Crippen LogP contribution in [0.5, 0.6) is 0 Å². The molecule has 0 aliphatic carbocycles. The molecule has 31 heavy (non-hydrogen) atoms. The first kappa shape index (κ1) is 23.4. The molecule has 1 aromatic rings. The molecule has 0 spiro atoms. The van der Waals surface area contributed by atoms with Crippen LogP contribution >= 0.6 is 0 Å². The van der Waals surface area contributed by atoms with Crippen molar-refractivity contribution in [2.45, 2.75) is 13.3 Å². The minimum atomic E-state index is -4.79. The molecule has 1 aromatic carbocycles. The fraction of sp³-hybridized carbons (Fsp3) is 0.294. The Balaban J connectivity index is 2.08. The molecule has 1 atom stereocenters. The quantitative estimate of drug-likeness (QED) is 0.243. The monoisotopic (exact) mass is 448 g/mol. The lowest BCUT2D eigenvalue weighted by Gasteiger charge is -2.27. The van der Waals surface area contributed by atoms with E-state index in [0.717, 1.165) is 5.01 Å². The lowest BCUT2D eigenvalue weighted by molar-refractivity contribution is -0.155. The summed E-state index contributed by atoms with van der Waals surface area (Å²) in [6.45, 7) is 0.175. The smallest absolute Gasteiger partial charge is 0.397 e. The van der Waals surface area contributed by atoms with Crippen LogP contribution in [-0.2, 0) is 28.9 Å². The summed E-state index contributed by atoms with van der Waals surface area (Å²) in [5.41, 5.74) is 3.95. The van der Waals surface area contributed by atoms with Crippen molar-refractivity contribution in [1.29, 1.82) is 10.5 Å². The maximum Gasteiger partial charge on any atom is 0.397 e. The third-order valence-corrected chi connectivity index (χ3v) is 4.24. The Morgan fingerprint density at radius 1 is 1.35 bits per heavy atom. The first-order valence-electron chi connectivity index (χ1n) is 8.53. The maximum atomic E-state index is 12.2. The fourth-order valence-electron chi connectivity index (χ4n) is 2.40. The summed E-state index contributed by atoms with van der Waals surface area (Å²) in [4.78, 5) is 23.6. The molecule has 14 heteroatoms. The Labute approximate surface area is 177 Å². The van der Waals surface area contributed by atoms with Gasteiger partial charge in [0.1, 0.15) is 12.1 Å². The van der Waals surface area contributed by atoms with Crippen LogP contribution in [-0.4, -0.2) is 54.6 Å². The number of carbonyl (C=O) groups excluding carboxylic acids is 2. The lowest BCUT2D eigenvalue weighted by atomic mass is 9.94. The Hall–Kier alpha value is -3.85. The second-order valence-electron chi connectivity index (χ2n) is 6.09. The summed E-state index contributed by atoms with van der Waals surface area (Å²) in [5, 5.41) is 26.1. The number of anilines is 1. The Morgan fingerprint density at radius 3 is 2.58 bits per heavy atom. The first-order valence-corrected chi connectivity index (χ1v) is 9.90.